The lowest BCUT2D eigenvalue weighted by molar-refractivity contribution is 0.545. The van der Waals surface area contributed by atoms with E-state index >= 15 is 0 Å². The van der Waals surface area contributed by atoms with Gasteiger partial charge < -0.3 is 4.65 Å². The second-order valence-electron chi connectivity index (χ2n) is 4.66. The van der Waals surface area contributed by atoms with E-state index in [4.69, 9.17) is 4.65 Å². The van der Waals surface area contributed by atoms with E-state index in [2.05, 4.69) is 32.0 Å². The molecule has 0 unspecified atom stereocenters. The van der Waals surface area contributed by atoms with Crippen LogP contribution in [0.25, 0.3) is 0 Å². The molecule has 86 valence electrons. The van der Waals surface area contributed by atoms with E-state index in [1.807, 2.05) is 0 Å². The molecule has 1 aromatic carbocycles. The van der Waals surface area contributed by atoms with Crippen molar-refractivity contribution in [3.63, 3.8) is 0 Å². The molecule has 0 amide bonds. The molecule has 0 saturated carbocycles. The number of rotatable bonds is 4. The highest BCUT2D eigenvalue weighted by atomic mass is 16.4. The zero-order valence-electron chi connectivity index (χ0n) is 10.5. The zero-order chi connectivity index (χ0) is 11.4. The molecule has 0 atom stereocenters. The maximum Gasteiger partial charge on any atom is 0.357 e. The van der Waals surface area contributed by atoms with Crippen LogP contribution in [0, 0.1) is 0 Å². The van der Waals surface area contributed by atoms with Gasteiger partial charge in [-0.2, -0.15) is 0 Å². The summed E-state index contributed by atoms with van der Waals surface area (Å²) >= 11 is 0. The third-order valence-electron chi connectivity index (χ3n) is 3.56. The summed E-state index contributed by atoms with van der Waals surface area (Å²) in [6, 6.07) is 6.54. The first-order chi connectivity index (χ1) is 7.85. The molecule has 0 spiro atoms. The van der Waals surface area contributed by atoms with Gasteiger partial charge in [-0.25, -0.2) is 0 Å². The second-order valence-corrected chi connectivity index (χ2v) is 4.66. The molecule has 0 N–H and O–H groups in total. The Bertz CT molecular complexity index is 345. The predicted molar refractivity (Wildman–Crippen MR) is 70.4 cm³/mol. The topological polar surface area (TPSA) is 9.23 Å². The van der Waals surface area contributed by atoms with Crippen molar-refractivity contribution in [3.8, 4) is 5.75 Å². The van der Waals surface area contributed by atoms with Crippen molar-refractivity contribution >= 4 is 6.92 Å². The van der Waals surface area contributed by atoms with Gasteiger partial charge in [0.1, 0.15) is 5.75 Å². The molecule has 0 aromatic heterocycles. The Balaban J connectivity index is 2.20. The van der Waals surface area contributed by atoms with E-state index in [1.165, 1.54) is 36.8 Å². The maximum atomic E-state index is 6.11. The number of aryl methyl sites for hydroxylation is 1. The molecule has 0 saturated heterocycles. The van der Waals surface area contributed by atoms with Crippen LogP contribution in [0.1, 0.15) is 37.8 Å². The highest BCUT2D eigenvalue weighted by Crippen LogP contribution is 2.30. The Morgan fingerprint density at radius 2 is 1.88 bits per heavy atom. The molecule has 2 rings (SSSR count). The Morgan fingerprint density at radius 1 is 1.12 bits per heavy atom. The van der Waals surface area contributed by atoms with Crippen LogP contribution in [0.3, 0.4) is 0 Å². The fraction of sp³-hybridized carbons (Fsp3) is 0.571. The van der Waals surface area contributed by atoms with Gasteiger partial charge in [0, 0.05) is 0 Å². The van der Waals surface area contributed by atoms with Crippen LogP contribution in [0.15, 0.2) is 18.2 Å². The Morgan fingerprint density at radius 3 is 2.62 bits per heavy atom. The lowest BCUT2D eigenvalue weighted by Crippen LogP contribution is -2.20. The average molecular weight is 216 g/mol. The highest BCUT2D eigenvalue weighted by molar-refractivity contribution is 6.52. The third-order valence-corrected chi connectivity index (χ3v) is 3.56. The van der Waals surface area contributed by atoms with E-state index in [0.29, 0.717) is 6.92 Å². The quantitative estimate of drug-likeness (QED) is 0.691. The predicted octanol–water partition coefficient (Wildman–Crippen LogP) is 3.98. The Labute approximate surface area is 99.3 Å². The molecule has 0 radical (unpaired) electrons. The molecule has 0 fully saturated rings. The molecule has 1 aromatic rings. The van der Waals surface area contributed by atoms with Crippen LogP contribution in [-0.4, -0.2) is 6.92 Å². The summed E-state index contributed by atoms with van der Waals surface area (Å²) in [4.78, 5) is 0. The molecular formula is C14H21BO. The SMILES string of the molecule is CCB(CC)Oc1cccc2c1CCCC2. The monoisotopic (exact) mass is 216 g/mol. The fourth-order valence-corrected chi connectivity index (χ4v) is 2.49. The first-order valence-corrected chi connectivity index (χ1v) is 6.62. The van der Waals surface area contributed by atoms with E-state index in [9.17, 15) is 0 Å². The molecule has 0 heterocycles. The van der Waals surface area contributed by atoms with Gasteiger partial charge in [-0.3, -0.25) is 0 Å². The standard InChI is InChI=1S/C14H21BO/c1-3-15(4-2)16-14-11-7-9-12-8-5-6-10-13(12)14/h7,9,11H,3-6,8,10H2,1-2H3. The van der Waals surface area contributed by atoms with E-state index in [0.717, 1.165) is 18.4 Å². The first-order valence-electron chi connectivity index (χ1n) is 6.62. The van der Waals surface area contributed by atoms with Crippen molar-refractivity contribution in [2.75, 3.05) is 0 Å². The van der Waals surface area contributed by atoms with Gasteiger partial charge in [0.15, 0.2) is 0 Å². The molecule has 1 aliphatic carbocycles. The van der Waals surface area contributed by atoms with Crippen LogP contribution in [-0.2, 0) is 12.8 Å². The number of hydrogen-bond donors (Lipinski definition) is 0. The highest BCUT2D eigenvalue weighted by Gasteiger charge is 2.17. The van der Waals surface area contributed by atoms with Gasteiger partial charge in [0.25, 0.3) is 0 Å². The smallest absolute Gasteiger partial charge is 0.357 e. The molecule has 0 aliphatic heterocycles. The van der Waals surface area contributed by atoms with Crippen molar-refractivity contribution in [2.24, 2.45) is 0 Å². The van der Waals surface area contributed by atoms with Crippen LogP contribution in [0.5, 0.6) is 5.75 Å². The zero-order valence-corrected chi connectivity index (χ0v) is 10.5. The average Bonchev–Trinajstić information content (AvgIpc) is 2.36. The van der Waals surface area contributed by atoms with Crippen molar-refractivity contribution in [3.05, 3.63) is 29.3 Å². The largest absolute Gasteiger partial charge is 0.561 e. The summed E-state index contributed by atoms with van der Waals surface area (Å²) < 4.78 is 6.11. The minimum absolute atomic E-state index is 0.383. The minimum Gasteiger partial charge on any atom is -0.561 e. The molecule has 2 heteroatoms. The van der Waals surface area contributed by atoms with Gasteiger partial charge in [-0.1, -0.05) is 26.0 Å². The van der Waals surface area contributed by atoms with Crippen LogP contribution < -0.4 is 4.65 Å². The summed E-state index contributed by atoms with van der Waals surface area (Å²) in [7, 11) is 0. The van der Waals surface area contributed by atoms with Gasteiger partial charge in [-0.05, 0) is 55.5 Å². The van der Waals surface area contributed by atoms with Crippen molar-refractivity contribution in [1.82, 2.24) is 0 Å². The fourth-order valence-electron chi connectivity index (χ4n) is 2.49. The van der Waals surface area contributed by atoms with Crippen LogP contribution >= 0.6 is 0 Å². The maximum absolute atomic E-state index is 6.11. The van der Waals surface area contributed by atoms with Crippen molar-refractivity contribution in [2.45, 2.75) is 52.2 Å². The number of hydrogen-bond acceptors (Lipinski definition) is 1. The van der Waals surface area contributed by atoms with Crippen LogP contribution in [0.4, 0.5) is 0 Å². The van der Waals surface area contributed by atoms with E-state index in [-0.39, 0.29) is 0 Å². The van der Waals surface area contributed by atoms with Crippen molar-refractivity contribution in [1.29, 1.82) is 0 Å². The number of benzene rings is 1. The summed E-state index contributed by atoms with van der Waals surface area (Å²) in [5.41, 5.74) is 2.98. The van der Waals surface area contributed by atoms with E-state index < -0.39 is 0 Å². The third kappa shape index (κ3) is 2.42. The Hall–Kier alpha value is -0.915. The van der Waals surface area contributed by atoms with Crippen molar-refractivity contribution < 1.29 is 4.65 Å². The second kappa shape index (κ2) is 5.42. The molecule has 16 heavy (non-hydrogen) atoms. The van der Waals surface area contributed by atoms with Gasteiger partial charge in [0.05, 0.1) is 0 Å². The Kier molecular flexibility index (Phi) is 3.92. The molecule has 1 aliphatic rings. The normalized spacial score (nSPS) is 14.4. The summed E-state index contributed by atoms with van der Waals surface area (Å²) in [5, 5.41) is 0. The van der Waals surface area contributed by atoms with Crippen LogP contribution in [0.2, 0.25) is 12.6 Å². The summed E-state index contributed by atoms with van der Waals surface area (Å²) in [6.07, 6.45) is 7.28. The summed E-state index contributed by atoms with van der Waals surface area (Å²) in [5.74, 6) is 1.14. The van der Waals surface area contributed by atoms with Gasteiger partial charge in [0.2, 0.25) is 0 Å². The molecular weight excluding hydrogens is 195 g/mol. The minimum atomic E-state index is 0.383. The lowest BCUT2D eigenvalue weighted by Gasteiger charge is -2.22. The lowest BCUT2D eigenvalue weighted by atomic mass is 9.62. The number of fused-ring (bicyclic) bond motifs is 1. The van der Waals surface area contributed by atoms with E-state index in [1.54, 1.807) is 0 Å². The molecule has 0 bridgehead atoms. The van der Waals surface area contributed by atoms with Gasteiger partial charge in [-0.15, -0.1) is 0 Å². The summed E-state index contributed by atoms with van der Waals surface area (Å²) in [6.45, 7) is 4.78. The molecule has 1 nitrogen and oxygen atoms in total. The first kappa shape index (κ1) is 11.6. The van der Waals surface area contributed by atoms with Gasteiger partial charge >= 0.3 is 6.92 Å².